The zero-order valence-electron chi connectivity index (χ0n) is 40.3. The molecule has 7 rings (SSSR count). The molecule has 0 spiro atoms. The minimum Gasteiger partial charge on any atom is -0.479 e. The first-order chi connectivity index (χ1) is 31.3. The number of hydrogen-bond acceptors (Lipinski definition) is 18. The van der Waals surface area contributed by atoms with Gasteiger partial charge in [0.1, 0.15) is 49.3 Å². The van der Waals surface area contributed by atoms with E-state index in [4.69, 9.17) is 33.2 Å². The first kappa shape index (κ1) is 52.0. The predicted octanol–water partition coefficient (Wildman–Crippen LogP) is 2.12. The van der Waals surface area contributed by atoms with Gasteiger partial charge in [0.15, 0.2) is 12.4 Å². The maximum atomic E-state index is 14.7. The van der Waals surface area contributed by atoms with Crippen LogP contribution in [0.25, 0.3) is 0 Å². The second kappa shape index (κ2) is 18.7. The van der Waals surface area contributed by atoms with E-state index < -0.39 is 122 Å². The number of rotatable bonds is 12. The van der Waals surface area contributed by atoms with Crippen LogP contribution in [0.15, 0.2) is 11.6 Å². The van der Waals surface area contributed by atoms with E-state index in [9.17, 15) is 54.9 Å². The lowest BCUT2D eigenvalue weighted by molar-refractivity contribution is -0.339. The van der Waals surface area contributed by atoms with Gasteiger partial charge in [0.2, 0.25) is 6.29 Å². The highest BCUT2D eigenvalue weighted by molar-refractivity contribution is 5.79. The van der Waals surface area contributed by atoms with Crippen LogP contribution in [0.1, 0.15) is 113 Å². The van der Waals surface area contributed by atoms with Crippen molar-refractivity contribution in [3.63, 3.8) is 0 Å². The average Bonchev–Trinajstić information content (AvgIpc) is 3.27. The van der Waals surface area contributed by atoms with Crippen LogP contribution < -0.4 is 0 Å². The maximum Gasteiger partial charge on any atom is 0.363 e. The minimum atomic E-state index is -1.98. The van der Waals surface area contributed by atoms with Gasteiger partial charge < -0.3 is 73.6 Å². The van der Waals surface area contributed by atoms with Crippen LogP contribution in [-0.4, -0.2) is 161 Å². The number of fused-ring (bicyclic) bond motifs is 7. The summed E-state index contributed by atoms with van der Waals surface area (Å²) < 4.78 is 44.1. The smallest absolute Gasteiger partial charge is 0.363 e. The van der Waals surface area contributed by atoms with Crippen molar-refractivity contribution in [2.75, 3.05) is 27.4 Å². The highest BCUT2D eigenvalue weighted by Crippen LogP contribution is 2.76. The van der Waals surface area contributed by atoms with Crippen molar-refractivity contribution in [2.45, 2.75) is 186 Å². The van der Waals surface area contributed by atoms with Gasteiger partial charge in [-0.15, -0.1) is 0 Å². The van der Waals surface area contributed by atoms with Crippen LogP contribution in [0.4, 0.5) is 0 Å². The summed E-state index contributed by atoms with van der Waals surface area (Å²) in [5.74, 6) is -3.88. The zero-order chi connectivity index (χ0) is 49.4. The van der Waals surface area contributed by atoms with Crippen LogP contribution >= 0.6 is 0 Å². The molecule has 19 nitrogen and oxygen atoms in total. The fourth-order valence-corrected chi connectivity index (χ4v) is 14.3. The highest BCUT2D eigenvalue weighted by atomic mass is 16.7. The number of carboxylic acid groups (broad SMARTS) is 1. The molecule has 6 fully saturated rings. The molecule has 19 heteroatoms. The molecular formula is C48H74O19. The minimum absolute atomic E-state index is 0.0772. The van der Waals surface area contributed by atoms with Gasteiger partial charge in [-0.25, -0.2) is 14.4 Å². The van der Waals surface area contributed by atoms with E-state index in [-0.39, 0.29) is 39.4 Å². The lowest BCUT2D eigenvalue weighted by atomic mass is 9.33. The Morgan fingerprint density at radius 1 is 0.776 bits per heavy atom. The zero-order valence-corrected chi connectivity index (χ0v) is 40.3. The van der Waals surface area contributed by atoms with Crippen molar-refractivity contribution in [3.05, 3.63) is 11.6 Å². The molecule has 380 valence electrons. The van der Waals surface area contributed by atoms with E-state index in [1.54, 1.807) is 0 Å². The number of hydrogen-bond donors (Lipinski definition) is 7. The van der Waals surface area contributed by atoms with E-state index in [2.05, 4.69) is 59.3 Å². The van der Waals surface area contributed by atoms with Gasteiger partial charge in [0.05, 0.1) is 32.3 Å². The van der Waals surface area contributed by atoms with Crippen LogP contribution in [0.5, 0.6) is 0 Å². The summed E-state index contributed by atoms with van der Waals surface area (Å²) in [5, 5.41) is 74.3. The predicted molar refractivity (Wildman–Crippen MR) is 231 cm³/mol. The molecule has 0 bridgehead atoms. The normalized spacial score (nSPS) is 45.9. The third-order valence-electron chi connectivity index (χ3n) is 18.4. The molecule has 0 aromatic rings. The van der Waals surface area contributed by atoms with Crippen LogP contribution in [0.2, 0.25) is 0 Å². The first-order valence-electron chi connectivity index (χ1n) is 23.8. The second-order valence-electron chi connectivity index (χ2n) is 22.5. The van der Waals surface area contributed by atoms with Crippen molar-refractivity contribution < 1.29 is 92.8 Å². The van der Waals surface area contributed by atoms with Crippen LogP contribution in [-0.2, 0) is 57.1 Å². The lowest BCUT2D eigenvalue weighted by Gasteiger charge is -2.71. The van der Waals surface area contributed by atoms with Crippen molar-refractivity contribution in [1.29, 1.82) is 0 Å². The number of carbonyl (C=O) groups excluding carboxylic acids is 3. The van der Waals surface area contributed by atoms with Gasteiger partial charge in [0.25, 0.3) is 6.29 Å². The number of allylic oxidation sites excluding steroid dienone is 2. The van der Waals surface area contributed by atoms with Crippen molar-refractivity contribution in [1.82, 2.24) is 0 Å². The summed E-state index contributed by atoms with van der Waals surface area (Å²) in [7, 11) is 2.14. The molecule has 19 atom stereocenters. The summed E-state index contributed by atoms with van der Waals surface area (Å²) in [6, 6.07) is 0. The summed E-state index contributed by atoms with van der Waals surface area (Å²) in [6.07, 6.45) is -9.88. The molecule has 2 heterocycles. The van der Waals surface area contributed by atoms with E-state index in [0.29, 0.717) is 25.7 Å². The Morgan fingerprint density at radius 3 is 2.10 bits per heavy atom. The van der Waals surface area contributed by atoms with E-state index in [1.165, 1.54) is 5.57 Å². The van der Waals surface area contributed by atoms with Gasteiger partial charge in [-0.1, -0.05) is 60.1 Å². The van der Waals surface area contributed by atoms with Crippen LogP contribution in [0, 0.1) is 50.2 Å². The van der Waals surface area contributed by atoms with Gasteiger partial charge >= 0.3 is 23.9 Å². The van der Waals surface area contributed by atoms with Crippen molar-refractivity contribution in [2.24, 2.45) is 50.2 Å². The molecule has 2 aliphatic heterocycles. The SMILES string of the molecule is COC(=O)CO[C@@H](O[C@@H]1[C@@H](O)[C@H](O[C@H]2CC[C@@]3(C)C(CC[C@]4(C)C3CC=C3C5CC(C)(C)CC[C@]5(C(=O)O[C@@H]5O[C@H](CO)[C@@H](O)[C@H](O)[C@H]5O)CC[C@]34C)C2(C)C)O[C@H](C(=O)O)[C@H]1O)C(=O)OC. The molecule has 5 aliphatic carbocycles. The summed E-state index contributed by atoms with van der Waals surface area (Å²) >= 11 is 0. The summed E-state index contributed by atoms with van der Waals surface area (Å²) in [5.41, 5.74) is -0.965. The molecule has 3 unspecified atom stereocenters. The fraction of sp³-hybridized carbons (Fsp3) is 0.875. The Hall–Kier alpha value is -2.82. The highest BCUT2D eigenvalue weighted by Gasteiger charge is 2.70. The largest absolute Gasteiger partial charge is 0.479 e. The number of aliphatic hydroxyl groups is 6. The standard InChI is InChI=1S/C48H74O19/c1-43(2)16-18-48(42(59)67-39-32(53)31(52)30(51)25(21-49)63-39)19-17-46(6)23(24(48)20-43)10-11-27-45(5)14-13-28(44(3,4)26(45)12-15-47(27,46)7)64-40-34(55)35(33(54)36(66-40)37(56)57)65-41(38(58)61-9)62-22-29(50)60-8/h10,24-28,30-36,39-41,49,51-55H,11-22H2,1-9H3,(H,56,57)/t24?,25-,26?,27?,28+,30-,31+,32-,33+,34-,35+,36+,39+,40-,41+,45+,46-,47-,48+/m1/s1. The number of aliphatic carboxylic acids is 1. The van der Waals surface area contributed by atoms with Crippen molar-refractivity contribution >= 4 is 23.9 Å². The molecule has 67 heavy (non-hydrogen) atoms. The quantitative estimate of drug-likeness (QED) is 0.0485. The summed E-state index contributed by atoms with van der Waals surface area (Å²) in [4.78, 5) is 51.5. The molecule has 2 saturated heterocycles. The maximum absolute atomic E-state index is 14.7. The monoisotopic (exact) mass is 954 g/mol. The Bertz CT molecular complexity index is 1900. The number of methoxy groups -OCH3 is 2. The number of carboxylic acids is 1. The van der Waals surface area contributed by atoms with Gasteiger partial charge in [0, 0.05) is 0 Å². The Morgan fingerprint density at radius 2 is 1.46 bits per heavy atom. The average molecular weight is 955 g/mol. The molecule has 4 saturated carbocycles. The number of carbonyl (C=O) groups is 4. The molecule has 7 N–H and O–H groups in total. The van der Waals surface area contributed by atoms with E-state index >= 15 is 0 Å². The lowest BCUT2D eigenvalue weighted by Crippen LogP contribution is -2.66. The summed E-state index contributed by atoms with van der Waals surface area (Å²) in [6.45, 7) is 14.4. The number of aliphatic hydroxyl groups excluding tert-OH is 6. The van der Waals surface area contributed by atoms with E-state index in [1.807, 2.05) is 0 Å². The Balaban J connectivity index is 1.13. The fourth-order valence-electron chi connectivity index (χ4n) is 14.3. The molecular weight excluding hydrogens is 881 g/mol. The van der Waals surface area contributed by atoms with Gasteiger partial charge in [-0.3, -0.25) is 4.79 Å². The third kappa shape index (κ3) is 8.67. The van der Waals surface area contributed by atoms with Gasteiger partial charge in [-0.2, -0.15) is 0 Å². The third-order valence-corrected chi connectivity index (χ3v) is 18.4. The molecule has 0 radical (unpaired) electrons. The van der Waals surface area contributed by atoms with E-state index in [0.717, 1.165) is 52.7 Å². The second-order valence-corrected chi connectivity index (χ2v) is 22.5. The Labute approximate surface area is 391 Å². The number of esters is 3. The molecule has 0 aromatic carbocycles. The topological polar surface area (TPSA) is 284 Å². The first-order valence-corrected chi connectivity index (χ1v) is 23.8. The Kier molecular flexibility index (Phi) is 14.5. The van der Waals surface area contributed by atoms with Crippen molar-refractivity contribution in [3.8, 4) is 0 Å². The molecule has 0 amide bonds. The van der Waals surface area contributed by atoms with Crippen LogP contribution in [0.3, 0.4) is 0 Å². The molecule has 7 aliphatic rings. The molecule has 0 aromatic heterocycles. The number of ether oxygens (including phenoxy) is 8. The van der Waals surface area contributed by atoms with Gasteiger partial charge in [-0.05, 0) is 109 Å².